The molecule has 0 bridgehead atoms. The van der Waals surface area contributed by atoms with Crippen molar-refractivity contribution in [2.45, 2.75) is 52.5 Å². The molecule has 0 spiro atoms. The third kappa shape index (κ3) is 5.90. The molecule has 1 aromatic heterocycles. The van der Waals surface area contributed by atoms with Crippen molar-refractivity contribution >= 4 is 16.8 Å². The molecule has 2 unspecified atom stereocenters. The predicted molar refractivity (Wildman–Crippen MR) is 139 cm³/mol. The van der Waals surface area contributed by atoms with Gasteiger partial charge in [0.15, 0.2) is 0 Å². The number of carbonyl (C=O) groups is 1. The maximum absolute atomic E-state index is 13.7. The lowest BCUT2D eigenvalue weighted by Crippen LogP contribution is -2.42. The molecule has 1 amide bonds. The average molecular weight is 480 g/mol. The van der Waals surface area contributed by atoms with Gasteiger partial charge < -0.3 is 14.4 Å². The standard InChI is InChI=1S/C28H37N3O4/c1-6-8-11-21(7-2)27(32)30(18-19-34-4)20(3)26-29-25-13-10-9-12-24(25)28(33)31(26)22-14-16-23(35-5)17-15-22/h9-10,12-17,20-21H,6-8,11,18-19H2,1-5H3. The number of benzene rings is 2. The summed E-state index contributed by atoms with van der Waals surface area (Å²) < 4.78 is 12.3. The average Bonchev–Trinajstić information content (AvgIpc) is 2.89. The van der Waals surface area contributed by atoms with Crippen LogP contribution in [0.1, 0.15) is 58.3 Å². The largest absolute Gasteiger partial charge is 0.497 e. The molecule has 0 saturated carbocycles. The van der Waals surface area contributed by atoms with E-state index in [9.17, 15) is 9.59 Å². The van der Waals surface area contributed by atoms with Crippen molar-refractivity contribution in [1.82, 2.24) is 14.5 Å². The van der Waals surface area contributed by atoms with Crippen LogP contribution in [0.25, 0.3) is 16.6 Å². The van der Waals surface area contributed by atoms with E-state index in [1.165, 1.54) is 0 Å². The third-order valence-corrected chi connectivity index (χ3v) is 6.54. The number of ether oxygens (including phenoxy) is 2. The monoisotopic (exact) mass is 479 g/mol. The van der Waals surface area contributed by atoms with Crippen molar-refractivity contribution in [3.05, 3.63) is 64.7 Å². The molecular formula is C28H37N3O4. The minimum Gasteiger partial charge on any atom is -0.497 e. The Morgan fingerprint density at radius 2 is 1.80 bits per heavy atom. The summed E-state index contributed by atoms with van der Waals surface area (Å²) in [6.07, 6.45) is 3.66. The summed E-state index contributed by atoms with van der Waals surface area (Å²) in [6, 6.07) is 14.2. The van der Waals surface area contributed by atoms with Crippen molar-refractivity contribution in [3.63, 3.8) is 0 Å². The van der Waals surface area contributed by atoms with Gasteiger partial charge in [-0.15, -0.1) is 0 Å². The summed E-state index contributed by atoms with van der Waals surface area (Å²) in [6.45, 7) is 6.95. The van der Waals surface area contributed by atoms with Crippen LogP contribution in [0.5, 0.6) is 5.75 Å². The van der Waals surface area contributed by atoms with Gasteiger partial charge in [0.2, 0.25) is 5.91 Å². The van der Waals surface area contributed by atoms with Crippen LogP contribution in [0.2, 0.25) is 0 Å². The van der Waals surface area contributed by atoms with Crippen molar-refractivity contribution < 1.29 is 14.3 Å². The van der Waals surface area contributed by atoms with E-state index >= 15 is 0 Å². The lowest BCUT2D eigenvalue weighted by molar-refractivity contribution is -0.139. The van der Waals surface area contributed by atoms with Gasteiger partial charge in [0.25, 0.3) is 5.56 Å². The lowest BCUT2D eigenvalue weighted by Gasteiger charge is -2.33. The number of methoxy groups -OCH3 is 2. The number of para-hydroxylation sites is 1. The second-order valence-electron chi connectivity index (χ2n) is 8.77. The number of unbranched alkanes of at least 4 members (excludes halogenated alkanes) is 1. The van der Waals surface area contributed by atoms with Gasteiger partial charge in [0, 0.05) is 19.6 Å². The van der Waals surface area contributed by atoms with Gasteiger partial charge in [0.1, 0.15) is 11.6 Å². The SMILES string of the molecule is CCCCC(CC)C(=O)N(CCOC)C(C)c1nc2ccccc2c(=O)n1-c1ccc(OC)cc1. The van der Waals surface area contributed by atoms with Gasteiger partial charge in [-0.3, -0.25) is 14.2 Å². The highest BCUT2D eigenvalue weighted by Gasteiger charge is 2.30. The predicted octanol–water partition coefficient (Wildman–Crippen LogP) is 5.15. The molecular weight excluding hydrogens is 442 g/mol. The molecule has 3 aromatic rings. The zero-order valence-corrected chi connectivity index (χ0v) is 21.5. The number of hydrogen-bond acceptors (Lipinski definition) is 5. The molecule has 0 aliphatic carbocycles. The van der Waals surface area contributed by atoms with Crippen molar-refractivity contribution in [3.8, 4) is 11.4 Å². The Hall–Kier alpha value is -3.19. The fraction of sp³-hybridized carbons (Fsp3) is 0.464. The maximum atomic E-state index is 13.7. The van der Waals surface area contributed by atoms with Crippen LogP contribution in [-0.4, -0.2) is 47.7 Å². The van der Waals surface area contributed by atoms with Gasteiger partial charge in [-0.1, -0.05) is 38.8 Å². The van der Waals surface area contributed by atoms with Crippen LogP contribution in [0.15, 0.2) is 53.3 Å². The molecule has 2 atom stereocenters. The second kappa shape index (κ2) is 12.5. The lowest BCUT2D eigenvalue weighted by atomic mass is 9.97. The minimum absolute atomic E-state index is 0.0733. The minimum atomic E-state index is -0.437. The topological polar surface area (TPSA) is 73.7 Å². The van der Waals surface area contributed by atoms with Crippen LogP contribution >= 0.6 is 0 Å². The first-order valence-corrected chi connectivity index (χ1v) is 12.4. The Bertz CT molecular complexity index is 1170. The molecule has 0 aliphatic heterocycles. The summed E-state index contributed by atoms with van der Waals surface area (Å²) in [4.78, 5) is 34.2. The van der Waals surface area contributed by atoms with E-state index in [1.807, 2.05) is 54.3 Å². The van der Waals surface area contributed by atoms with Crippen LogP contribution in [-0.2, 0) is 9.53 Å². The highest BCUT2D eigenvalue weighted by atomic mass is 16.5. The van der Waals surface area contributed by atoms with E-state index in [4.69, 9.17) is 14.5 Å². The van der Waals surface area contributed by atoms with Gasteiger partial charge in [-0.05, 0) is 56.2 Å². The van der Waals surface area contributed by atoms with Crippen molar-refractivity contribution in [1.29, 1.82) is 0 Å². The Kier molecular flexibility index (Phi) is 9.43. The van der Waals surface area contributed by atoms with Gasteiger partial charge >= 0.3 is 0 Å². The van der Waals surface area contributed by atoms with Crippen LogP contribution in [0.3, 0.4) is 0 Å². The van der Waals surface area contributed by atoms with Crippen LogP contribution < -0.4 is 10.3 Å². The molecule has 0 fully saturated rings. The number of amides is 1. The first kappa shape index (κ1) is 26.4. The molecule has 0 saturated heterocycles. The second-order valence-corrected chi connectivity index (χ2v) is 8.77. The van der Waals surface area contributed by atoms with E-state index < -0.39 is 6.04 Å². The molecule has 3 rings (SSSR count). The molecule has 0 aliphatic rings. The summed E-state index contributed by atoms with van der Waals surface area (Å²) in [5.41, 5.74) is 1.12. The molecule has 7 nitrogen and oxygen atoms in total. The van der Waals surface area contributed by atoms with Gasteiger partial charge in [-0.25, -0.2) is 4.98 Å². The summed E-state index contributed by atoms with van der Waals surface area (Å²) >= 11 is 0. The summed E-state index contributed by atoms with van der Waals surface area (Å²) in [5, 5.41) is 0.531. The van der Waals surface area contributed by atoms with E-state index in [-0.39, 0.29) is 17.4 Å². The Morgan fingerprint density at radius 1 is 1.09 bits per heavy atom. The number of rotatable bonds is 12. The van der Waals surface area contributed by atoms with Crippen LogP contribution in [0.4, 0.5) is 0 Å². The molecule has 0 radical (unpaired) electrons. The molecule has 0 N–H and O–H groups in total. The van der Waals surface area contributed by atoms with E-state index in [0.717, 1.165) is 25.7 Å². The highest BCUT2D eigenvalue weighted by Crippen LogP contribution is 2.27. The third-order valence-electron chi connectivity index (χ3n) is 6.54. The Morgan fingerprint density at radius 3 is 2.43 bits per heavy atom. The zero-order valence-electron chi connectivity index (χ0n) is 21.5. The van der Waals surface area contributed by atoms with E-state index in [1.54, 1.807) is 24.9 Å². The van der Waals surface area contributed by atoms with E-state index in [2.05, 4.69) is 13.8 Å². The fourth-order valence-corrected chi connectivity index (χ4v) is 4.42. The normalized spacial score (nSPS) is 12.9. The number of carbonyl (C=O) groups excluding carboxylic acids is 1. The molecule has 7 heteroatoms. The number of nitrogens with zero attached hydrogens (tertiary/aromatic N) is 3. The van der Waals surface area contributed by atoms with Crippen molar-refractivity contribution in [2.24, 2.45) is 5.92 Å². The van der Waals surface area contributed by atoms with Gasteiger partial charge in [-0.2, -0.15) is 0 Å². The summed E-state index contributed by atoms with van der Waals surface area (Å²) in [7, 11) is 3.23. The van der Waals surface area contributed by atoms with E-state index in [0.29, 0.717) is 41.3 Å². The molecule has 188 valence electrons. The number of aromatic nitrogens is 2. The molecule has 1 heterocycles. The maximum Gasteiger partial charge on any atom is 0.266 e. The number of fused-ring (bicyclic) bond motifs is 1. The number of hydrogen-bond donors (Lipinski definition) is 0. The zero-order chi connectivity index (χ0) is 25.4. The Balaban J connectivity index is 2.16. The molecule has 35 heavy (non-hydrogen) atoms. The van der Waals surface area contributed by atoms with Crippen LogP contribution in [0, 0.1) is 5.92 Å². The van der Waals surface area contributed by atoms with Crippen molar-refractivity contribution in [2.75, 3.05) is 27.4 Å². The quantitative estimate of drug-likeness (QED) is 0.359. The first-order chi connectivity index (χ1) is 17.0. The summed E-state index contributed by atoms with van der Waals surface area (Å²) in [5.74, 6) is 1.22. The van der Waals surface area contributed by atoms with Gasteiger partial charge in [0.05, 0.1) is 36.3 Å². The highest BCUT2D eigenvalue weighted by molar-refractivity contribution is 5.80. The Labute approximate surface area is 207 Å². The fourth-order valence-electron chi connectivity index (χ4n) is 4.42. The first-order valence-electron chi connectivity index (χ1n) is 12.4. The molecule has 2 aromatic carbocycles. The smallest absolute Gasteiger partial charge is 0.266 e.